The van der Waals surface area contributed by atoms with Crippen LogP contribution in [0.2, 0.25) is 0 Å². The molecular formula is C52H76N8O35P6S4. The van der Waals surface area contributed by atoms with Crippen LogP contribution >= 0.6 is 46.9 Å². The summed E-state index contributed by atoms with van der Waals surface area (Å²) in [6.07, 6.45) is 7.17. The maximum absolute atomic E-state index is 12.9. The summed E-state index contributed by atoms with van der Waals surface area (Å²) >= 11 is 0. The largest absolute Gasteiger partial charge is 0.744 e. The molecule has 4 aromatic rings. The van der Waals surface area contributed by atoms with E-state index in [1.807, 2.05) is 0 Å². The first kappa shape index (κ1) is 87.4. The number of nitrogens with one attached hydrogen (secondary N) is 2. The summed E-state index contributed by atoms with van der Waals surface area (Å²) in [7, 11) is -56.0. The van der Waals surface area contributed by atoms with E-state index in [0.717, 1.165) is 12.4 Å². The first-order chi connectivity index (χ1) is 48.2. The number of carbonyl (C=O) groups excluding carboxylic acids is 1. The van der Waals surface area contributed by atoms with Gasteiger partial charge in [-0.25, -0.2) is 40.8 Å². The zero-order valence-electron chi connectivity index (χ0n) is 55.4. The number of nitrogen functional groups attached to an aromatic ring is 1. The molecule has 0 spiro atoms. The number of aromatic nitrogens is 4. The molecule has 7 unspecified atom stereocenters. The number of rotatable bonds is 41. The van der Waals surface area contributed by atoms with Crippen LogP contribution < -0.4 is 21.5 Å². The van der Waals surface area contributed by atoms with Crippen molar-refractivity contribution in [3.63, 3.8) is 0 Å². The van der Waals surface area contributed by atoms with Gasteiger partial charge in [0.1, 0.15) is 29.0 Å². The lowest BCUT2D eigenvalue weighted by molar-refractivity contribution is -0.437. The Bertz CT molecular complexity index is 4920. The second-order valence-electron chi connectivity index (χ2n) is 24.4. The van der Waals surface area contributed by atoms with Crippen molar-refractivity contribution < 1.29 is 158 Å². The molecular weight excluding hydrogens is 1610 g/mol. The second-order valence-corrected chi connectivity index (χ2v) is 39.7. The number of aliphatic hydroxyl groups is 1. The first-order valence-electron chi connectivity index (χ1n) is 31.0. The van der Waals surface area contributed by atoms with Crippen molar-refractivity contribution in [2.75, 3.05) is 55.0 Å². The molecule has 2 aromatic carbocycles. The van der Waals surface area contributed by atoms with Crippen LogP contribution in [0.25, 0.3) is 11.2 Å². The van der Waals surface area contributed by atoms with Gasteiger partial charge in [0.2, 0.25) is 17.5 Å². The summed E-state index contributed by atoms with van der Waals surface area (Å²) in [5, 5.41) is 13.2. The number of phosphoric ester groups is 2. The lowest BCUT2D eigenvalue weighted by Gasteiger charge is -2.30. The smallest absolute Gasteiger partial charge is 0.490 e. The van der Waals surface area contributed by atoms with Crippen molar-refractivity contribution in [3.8, 4) is 0 Å². The number of benzene rings is 2. The summed E-state index contributed by atoms with van der Waals surface area (Å²) in [6, 6.07) is 7.72. The fourth-order valence-corrected chi connectivity index (χ4v) is 21.4. The molecule has 0 radical (unpaired) electrons. The number of anilines is 2. The van der Waals surface area contributed by atoms with Gasteiger partial charge in [-0.05, 0) is 94.8 Å². The summed E-state index contributed by atoms with van der Waals surface area (Å²) in [5.74, 6) is -1.88. The van der Waals surface area contributed by atoms with Gasteiger partial charge in [0, 0.05) is 66.9 Å². The molecule has 1 fully saturated rings. The molecule has 2 aromatic heterocycles. The van der Waals surface area contributed by atoms with Gasteiger partial charge >= 0.3 is 46.9 Å². The van der Waals surface area contributed by atoms with Gasteiger partial charge in [-0.3, -0.25) is 41.8 Å². The third-order valence-corrected chi connectivity index (χ3v) is 28.6. The molecule has 7 rings (SSSR count). The fourth-order valence-electron chi connectivity index (χ4n) is 11.5. The van der Waals surface area contributed by atoms with E-state index in [2.05, 4.69) is 50.9 Å². The summed E-state index contributed by atoms with van der Waals surface area (Å²) in [6.45, 7) is 3.75. The van der Waals surface area contributed by atoms with Crippen LogP contribution in [-0.4, -0.2) is 179 Å². The molecule has 105 heavy (non-hydrogen) atoms. The Hall–Kier alpha value is -4.83. The van der Waals surface area contributed by atoms with Crippen LogP contribution in [0.5, 0.6) is 0 Å². The fraction of sp³-hybridized carbons (Fsp3) is 0.519. The van der Waals surface area contributed by atoms with E-state index in [9.17, 15) is 123 Å². The maximum atomic E-state index is 12.9. The number of phosphoric acid groups is 6. The van der Waals surface area contributed by atoms with Crippen LogP contribution in [0.4, 0.5) is 17.3 Å². The van der Waals surface area contributed by atoms with Crippen LogP contribution in [0, 0.1) is 0 Å². The van der Waals surface area contributed by atoms with Crippen molar-refractivity contribution in [1.29, 1.82) is 0 Å². The molecule has 1 saturated heterocycles. The number of fused-ring (bicyclic) bond motifs is 3. The minimum atomic E-state index is -6.59. The molecule has 0 aliphatic carbocycles. The number of aromatic amines is 1. The molecule has 3 aliphatic rings. The number of hydrogen-bond acceptors (Lipinski definition) is 30. The van der Waals surface area contributed by atoms with E-state index >= 15 is 0 Å². The molecule has 588 valence electrons. The number of unbranched alkanes of at least 4 members (excludes halogenated alkanes) is 5. The van der Waals surface area contributed by atoms with E-state index in [4.69, 9.17) is 10.5 Å². The van der Waals surface area contributed by atoms with E-state index in [0.29, 0.717) is 66.0 Å². The van der Waals surface area contributed by atoms with Crippen LogP contribution in [-0.2, 0) is 119 Å². The van der Waals surface area contributed by atoms with Gasteiger partial charge in [0.25, 0.3) is 35.9 Å². The molecule has 10 atom stereocenters. The number of hydrogen-bond donors (Lipinski definition) is 13. The minimum Gasteiger partial charge on any atom is -0.744 e. The highest BCUT2D eigenvalue weighted by molar-refractivity contribution is 7.86. The van der Waals surface area contributed by atoms with Gasteiger partial charge in [0.15, 0.2) is 16.9 Å². The number of nitrogens with two attached hydrogens (primary N) is 1. The summed E-state index contributed by atoms with van der Waals surface area (Å²) < 4.78 is 248. The third kappa shape index (κ3) is 25.1. The van der Waals surface area contributed by atoms with E-state index in [1.54, 1.807) is 60.6 Å². The van der Waals surface area contributed by atoms with E-state index in [-0.39, 0.29) is 92.5 Å². The number of nitrogens with zero attached hydrogens (tertiary/aromatic N) is 5. The van der Waals surface area contributed by atoms with Crippen LogP contribution in [0.15, 0.2) is 93.4 Å². The number of aliphatic hydroxyl groups excluding tert-OH is 1. The number of amides is 1. The maximum Gasteiger partial charge on any atom is 0.490 e. The Morgan fingerprint density at radius 2 is 1.31 bits per heavy atom. The Labute approximate surface area is 599 Å². The number of carbonyl (C=O) groups is 1. The highest BCUT2D eigenvalue weighted by Gasteiger charge is 2.51. The first-order valence-corrected chi connectivity index (χ1v) is 46.0. The summed E-state index contributed by atoms with van der Waals surface area (Å²) in [5.41, 5.74) is 5.48. The Balaban J connectivity index is 0.857. The Kier molecular flexibility index (Phi) is 28.5. The van der Waals surface area contributed by atoms with Crippen molar-refractivity contribution in [3.05, 3.63) is 100 Å². The normalized spacial score (nSPS) is 22.6. The van der Waals surface area contributed by atoms with Crippen molar-refractivity contribution >= 4 is 128 Å². The number of H-pyrrole nitrogens is 1. The SMILES string of the molecule is CC1(C)C(C=CC=CC=C2N(CCCS(=O)(=O)O)c3ccc(S(=O)(=O)[O-])cc3C2(C)CCCCCC(=O)NCCCCCCOP(=O)(O)OP(=O)(O)OP(=O)(O)OP(=O)(O)OP(=O)(O)OP(=O)(O)OC[C@H]2O[C@@H](n3cnc4c(=O)[nH]c(N)nc43)C[C@@H]2O)=[N+](CCCS(=O)(=O)O)c2ccc(S(=O)(=O)O)cc21. The standard InChI is InChI=1S/C52H76N8O35P6S4/c1-51(2)37-30-35(104(82,83)84)19-21-39(37)58(25-14-28-102(76,77)78)43(51)16-8-6-9-17-44-52(3,38-31-36(105(85,86)87)20-22-40(38)59(44)26-15-29-103(79,80)81)23-11-7-10-18-45(62)54-24-12-4-5-13-27-88-96(64,65)91-98(68,69)93-100(72,73)95-101(74,75)94-99(70,71)92-97(66,67)89-33-42-41(61)32-46(90-42)60-34-55-47-48(60)56-50(53)57-49(47)63/h6,8-9,16-17,19-22,30-31,34,41-42,46,61H,4-5,7,10-15,18,23-29,32-33H2,1-3H3,(H13-,53,54,56,57,62,63,64,65,66,67,68,69,70,71,72,73,74,75,76,77,78,79,80,81,82,83,84,85,86,87)/t41-,42+,46+,52?/m0/s1. The van der Waals surface area contributed by atoms with Crippen LogP contribution in [0.3, 0.4) is 0 Å². The van der Waals surface area contributed by atoms with E-state index in [1.165, 1.54) is 34.9 Å². The van der Waals surface area contributed by atoms with Gasteiger partial charge in [-0.15, -0.1) is 0 Å². The average molecular weight is 1690 g/mol. The molecule has 5 heterocycles. The highest BCUT2D eigenvalue weighted by Crippen LogP contribution is 2.75. The van der Waals surface area contributed by atoms with Crippen molar-refractivity contribution in [2.45, 2.75) is 137 Å². The lowest BCUT2D eigenvalue weighted by Crippen LogP contribution is -2.30. The molecule has 53 heteroatoms. The zero-order chi connectivity index (χ0) is 78.4. The minimum absolute atomic E-state index is 0.0141. The van der Waals surface area contributed by atoms with Crippen molar-refractivity contribution in [1.82, 2.24) is 24.8 Å². The monoisotopic (exact) mass is 1690 g/mol. The molecule has 14 N–H and O–H groups in total. The molecule has 1 amide bonds. The third-order valence-electron chi connectivity index (χ3n) is 16.1. The van der Waals surface area contributed by atoms with E-state index < -0.39 is 152 Å². The second kappa shape index (κ2) is 34.2. The predicted octanol–water partition coefficient (Wildman–Crippen LogP) is 5.25. The van der Waals surface area contributed by atoms with Crippen molar-refractivity contribution in [2.24, 2.45) is 0 Å². The quantitative estimate of drug-likeness (QED) is 0.00886. The Morgan fingerprint density at radius 1 is 0.743 bits per heavy atom. The Morgan fingerprint density at radius 3 is 1.92 bits per heavy atom. The topological polar surface area (TPSA) is 663 Å². The lowest BCUT2D eigenvalue weighted by atomic mass is 9.77. The average Bonchev–Trinajstić information content (AvgIpc) is 1.59. The molecule has 43 nitrogen and oxygen atoms in total. The predicted molar refractivity (Wildman–Crippen MR) is 365 cm³/mol. The number of imidazole rings is 1. The van der Waals surface area contributed by atoms with Gasteiger partial charge in [-0.1, -0.05) is 43.9 Å². The molecule has 0 saturated carbocycles. The van der Waals surface area contributed by atoms with Crippen LogP contribution in [0.1, 0.15) is 115 Å². The number of ether oxygens (including phenoxy) is 1. The zero-order valence-corrected chi connectivity index (χ0v) is 64.0. The van der Waals surface area contributed by atoms with Gasteiger partial charge < -0.3 is 59.7 Å². The highest BCUT2D eigenvalue weighted by atomic mass is 32.2. The molecule has 3 aliphatic heterocycles. The summed E-state index contributed by atoms with van der Waals surface area (Å²) in [4.78, 5) is 95.4. The molecule has 0 bridgehead atoms. The van der Waals surface area contributed by atoms with Gasteiger partial charge in [0.05, 0.1) is 52.4 Å². The number of allylic oxidation sites excluding steroid dienone is 6. The van der Waals surface area contributed by atoms with Gasteiger partial charge in [-0.2, -0.15) is 56.4 Å².